The van der Waals surface area contributed by atoms with Crippen LogP contribution in [0.4, 0.5) is 5.69 Å². The molecule has 0 aliphatic carbocycles. The maximum Gasteiger partial charge on any atom is 0.171 e. The summed E-state index contributed by atoms with van der Waals surface area (Å²) in [5.41, 5.74) is 2.96. The molecule has 4 nitrogen and oxygen atoms in total. The Kier molecular flexibility index (Phi) is 6.70. The van der Waals surface area contributed by atoms with Gasteiger partial charge >= 0.3 is 0 Å². The standard InChI is InChI=1S/C24H22N2O2/c1-3-17-28-24-21(13-10-16-23(24)27-2)18-25-26(22-14-8-5-9-15-22)19-20-11-6-4-7-12-20/h1,4-16,18H,17,19H2,2H3/b25-18+. The van der Waals surface area contributed by atoms with Gasteiger partial charge in [0.25, 0.3) is 0 Å². The van der Waals surface area contributed by atoms with E-state index in [2.05, 4.69) is 18.1 Å². The molecule has 0 bridgehead atoms. The van der Waals surface area contributed by atoms with Gasteiger partial charge in [-0.15, -0.1) is 6.42 Å². The zero-order valence-corrected chi connectivity index (χ0v) is 15.8. The number of terminal acetylenes is 1. The van der Waals surface area contributed by atoms with Crippen LogP contribution < -0.4 is 14.5 Å². The summed E-state index contributed by atoms with van der Waals surface area (Å²) in [5, 5.41) is 6.67. The van der Waals surface area contributed by atoms with Gasteiger partial charge in [0.1, 0.15) is 6.61 Å². The van der Waals surface area contributed by atoms with Crippen molar-refractivity contribution < 1.29 is 9.47 Å². The van der Waals surface area contributed by atoms with Gasteiger partial charge in [-0.2, -0.15) is 5.10 Å². The van der Waals surface area contributed by atoms with Gasteiger partial charge in [0.15, 0.2) is 11.5 Å². The minimum atomic E-state index is 0.160. The van der Waals surface area contributed by atoms with Gasteiger partial charge in [-0.1, -0.05) is 60.5 Å². The number of hydrogen-bond donors (Lipinski definition) is 0. The van der Waals surface area contributed by atoms with E-state index in [1.807, 2.05) is 71.7 Å². The minimum absolute atomic E-state index is 0.160. The summed E-state index contributed by atoms with van der Waals surface area (Å²) >= 11 is 0. The summed E-state index contributed by atoms with van der Waals surface area (Å²) in [5.74, 6) is 3.69. The molecule has 0 N–H and O–H groups in total. The maximum atomic E-state index is 5.69. The summed E-state index contributed by atoms with van der Waals surface area (Å²) in [6, 6.07) is 25.9. The van der Waals surface area contributed by atoms with Crippen molar-refractivity contribution in [1.29, 1.82) is 0 Å². The van der Waals surface area contributed by atoms with Gasteiger partial charge in [0.2, 0.25) is 0 Å². The first-order valence-electron chi connectivity index (χ1n) is 8.95. The van der Waals surface area contributed by atoms with E-state index in [0.29, 0.717) is 18.0 Å². The topological polar surface area (TPSA) is 34.1 Å². The molecular formula is C24H22N2O2. The highest BCUT2D eigenvalue weighted by Gasteiger charge is 2.10. The van der Waals surface area contributed by atoms with Crippen LogP contribution in [0.1, 0.15) is 11.1 Å². The number of para-hydroxylation sites is 2. The molecule has 3 rings (SSSR count). The lowest BCUT2D eigenvalue weighted by atomic mass is 10.2. The second-order valence-corrected chi connectivity index (χ2v) is 5.99. The van der Waals surface area contributed by atoms with Gasteiger partial charge in [-0.25, -0.2) is 0 Å². The Morgan fingerprint density at radius 3 is 2.36 bits per heavy atom. The van der Waals surface area contributed by atoms with Gasteiger partial charge < -0.3 is 9.47 Å². The van der Waals surface area contributed by atoms with Crippen molar-refractivity contribution >= 4 is 11.9 Å². The SMILES string of the molecule is C#CCOc1c(/C=N/N(Cc2ccccc2)c2ccccc2)cccc1OC. The zero-order chi connectivity index (χ0) is 19.6. The van der Waals surface area contributed by atoms with E-state index in [1.54, 1.807) is 13.3 Å². The summed E-state index contributed by atoms with van der Waals surface area (Å²) in [7, 11) is 1.60. The van der Waals surface area contributed by atoms with Crippen LogP contribution in [0, 0.1) is 12.3 Å². The predicted octanol–water partition coefficient (Wildman–Crippen LogP) is 4.75. The van der Waals surface area contributed by atoms with Crippen LogP contribution in [0.3, 0.4) is 0 Å². The lowest BCUT2D eigenvalue weighted by Crippen LogP contribution is -2.16. The molecule has 0 radical (unpaired) electrons. The van der Waals surface area contributed by atoms with Gasteiger partial charge in [0.05, 0.1) is 25.6 Å². The zero-order valence-electron chi connectivity index (χ0n) is 15.8. The number of anilines is 1. The maximum absolute atomic E-state index is 5.69. The molecule has 0 spiro atoms. The average molecular weight is 370 g/mol. The first kappa shape index (κ1) is 19.1. The fourth-order valence-electron chi connectivity index (χ4n) is 2.75. The molecule has 0 fully saturated rings. The molecule has 0 saturated heterocycles. The number of rotatable bonds is 8. The van der Waals surface area contributed by atoms with Crippen LogP contribution in [0.25, 0.3) is 0 Å². The molecular weight excluding hydrogens is 348 g/mol. The van der Waals surface area contributed by atoms with E-state index in [1.165, 1.54) is 0 Å². The Labute approximate surface area is 166 Å². The van der Waals surface area contributed by atoms with E-state index >= 15 is 0 Å². The van der Waals surface area contributed by atoms with E-state index in [-0.39, 0.29) is 6.61 Å². The fraction of sp³-hybridized carbons (Fsp3) is 0.125. The van der Waals surface area contributed by atoms with E-state index in [0.717, 1.165) is 16.8 Å². The Morgan fingerprint density at radius 2 is 1.68 bits per heavy atom. The summed E-state index contributed by atoms with van der Waals surface area (Å²) in [6.45, 7) is 0.805. The highest BCUT2D eigenvalue weighted by atomic mass is 16.5. The number of hydrogen-bond acceptors (Lipinski definition) is 4. The second-order valence-electron chi connectivity index (χ2n) is 5.99. The molecule has 140 valence electrons. The van der Waals surface area contributed by atoms with Crippen LogP contribution in [-0.4, -0.2) is 19.9 Å². The van der Waals surface area contributed by atoms with Crippen LogP contribution in [0.15, 0.2) is 84.0 Å². The van der Waals surface area contributed by atoms with Gasteiger partial charge in [0, 0.05) is 5.56 Å². The number of ether oxygens (including phenoxy) is 2. The molecule has 3 aromatic carbocycles. The molecule has 0 atom stereocenters. The number of hydrazone groups is 1. The number of nitrogens with zero attached hydrogens (tertiary/aromatic N) is 2. The van der Waals surface area contributed by atoms with Crippen LogP contribution in [-0.2, 0) is 6.54 Å². The highest BCUT2D eigenvalue weighted by Crippen LogP contribution is 2.30. The van der Waals surface area contributed by atoms with Crippen molar-refractivity contribution in [3.05, 3.63) is 90.0 Å². The van der Waals surface area contributed by atoms with Crippen molar-refractivity contribution in [1.82, 2.24) is 0 Å². The molecule has 0 aliphatic heterocycles. The third-order valence-corrected chi connectivity index (χ3v) is 4.09. The molecule has 3 aromatic rings. The minimum Gasteiger partial charge on any atom is -0.493 e. The largest absolute Gasteiger partial charge is 0.493 e. The molecule has 0 heterocycles. The monoisotopic (exact) mass is 370 g/mol. The lowest BCUT2D eigenvalue weighted by molar-refractivity contribution is 0.330. The third kappa shape index (κ3) is 4.93. The van der Waals surface area contributed by atoms with Crippen LogP contribution in [0.5, 0.6) is 11.5 Å². The molecule has 4 heteroatoms. The van der Waals surface area contributed by atoms with Crippen molar-refractivity contribution in [3.63, 3.8) is 0 Å². The van der Waals surface area contributed by atoms with Crippen molar-refractivity contribution in [2.45, 2.75) is 6.54 Å². The van der Waals surface area contributed by atoms with Crippen molar-refractivity contribution in [3.8, 4) is 23.8 Å². The van der Waals surface area contributed by atoms with Gasteiger partial charge in [-0.05, 0) is 29.8 Å². The first-order chi connectivity index (χ1) is 13.8. The molecule has 0 aliphatic rings. The normalized spacial score (nSPS) is 10.4. The quantitative estimate of drug-likeness (QED) is 0.326. The van der Waals surface area contributed by atoms with E-state index in [4.69, 9.17) is 21.0 Å². The first-order valence-corrected chi connectivity index (χ1v) is 8.95. The highest BCUT2D eigenvalue weighted by molar-refractivity contribution is 5.85. The summed E-state index contributed by atoms with van der Waals surface area (Å²) in [4.78, 5) is 0. The lowest BCUT2D eigenvalue weighted by Gasteiger charge is -2.19. The smallest absolute Gasteiger partial charge is 0.171 e. The van der Waals surface area contributed by atoms with E-state index in [9.17, 15) is 0 Å². The Morgan fingerprint density at radius 1 is 0.964 bits per heavy atom. The fourth-order valence-corrected chi connectivity index (χ4v) is 2.75. The molecule has 0 saturated carbocycles. The Hall–Kier alpha value is -3.71. The Balaban J connectivity index is 1.92. The van der Waals surface area contributed by atoms with E-state index < -0.39 is 0 Å². The van der Waals surface area contributed by atoms with Crippen molar-refractivity contribution in [2.24, 2.45) is 5.10 Å². The van der Waals surface area contributed by atoms with Crippen LogP contribution >= 0.6 is 0 Å². The number of methoxy groups -OCH3 is 1. The number of benzene rings is 3. The van der Waals surface area contributed by atoms with Crippen LogP contribution in [0.2, 0.25) is 0 Å². The molecule has 28 heavy (non-hydrogen) atoms. The summed E-state index contributed by atoms with van der Waals surface area (Å²) < 4.78 is 11.1. The predicted molar refractivity (Wildman–Crippen MR) is 114 cm³/mol. The molecule has 0 amide bonds. The third-order valence-electron chi connectivity index (χ3n) is 4.09. The summed E-state index contributed by atoms with van der Waals surface area (Å²) in [6.07, 6.45) is 7.11. The average Bonchev–Trinajstić information content (AvgIpc) is 2.76. The molecule has 0 unspecified atom stereocenters. The second kappa shape index (κ2) is 9.84. The molecule has 0 aromatic heterocycles. The van der Waals surface area contributed by atoms with Gasteiger partial charge in [-0.3, -0.25) is 5.01 Å². The van der Waals surface area contributed by atoms with Crippen molar-refractivity contribution in [2.75, 3.05) is 18.7 Å². The Bertz CT molecular complexity index is 947.